The van der Waals surface area contributed by atoms with Crippen molar-refractivity contribution in [2.45, 2.75) is 104 Å². The van der Waals surface area contributed by atoms with E-state index in [-0.39, 0.29) is 35.2 Å². The number of hydrogen-bond donors (Lipinski definition) is 11. The lowest BCUT2D eigenvalue weighted by Gasteiger charge is -2.46. The predicted molar refractivity (Wildman–Crippen MR) is 192 cm³/mol. The Morgan fingerprint density at radius 2 is 1.07 bits per heavy atom. The molecule has 21 nitrogen and oxygen atoms in total. The minimum Gasteiger partial charge on any atom is -0.504 e. The molecule has 0 aliphatic carbocycles. The van der Waals surface area contributed by atoms with Crippen molar-refractivity contribution in [3.8, 4) is 23.0 Å². The largest absolute Gasteiger partial charge is 0.504 e. The summed E-state index contributed by atoms with van der Waals surface area (Å²) in [5, 5.41) is 114. The molecule has 5 aliphatic rings. The summed E-state index contributed by atoms with van der Waals surface area (Å²) in [4.78, 5) is 0. The summed E-state index contributed by atoms with van der Waals surface area (Å²) in [6.07, 6.45) is -26.0. The number of phenolic OH excluding ortho intramolecular Hbond substituents is 1. The maximum Gasteiger partial charge on any atom is 0.229 e. The number of rotatable bonds is 13. The molecule has 2 aromatic carbocycles. The Balaban J connectivity index is 1.11. The molecule has 0 bridgehead atoms. The van der Waals surface area contributed by atoms with E-state index < -0.39 is 118 Å². The van der Waals surface area contributed by atoms with Crippen LogP contribution in [0.15, 0.2) is 36.4 Å². The highest BCUT2D eigenvalue weighted by Crippen LogP contribution is 2.51. The molecule has 0 spiro atoms. The molecule has 19 atom stereocenters. The molecule has 0 radical (unpaired) electrons. The molecule has 21 heteroatoms. The first-order chi connectivity index (χ1) is 28.3. The second-order valence-corrected chi connectivity index (χ2v) is 15.1. The average molecular weight is 845 g/mol. The Morgan fingerprint density at radius 3 is 1.64 bits per heavy atom. The van der Waals surface area contributed by atoms with Gasteiger partial charge in [0, 0.05) is 11.8 Å². The van der Waals surface area contributed by atoms with Gasteiger partial charge in [-0.1, -0.05) is 12.1 Å². The highest BCUT2D eigenvalue weighted by molar-refractivity contribution is 5.45. The molecular weight excluding hydrogens is 792 g/mol. The number of fused-ring (bicyclic) bond motifs is 1. The lowest BCUT2D eigenvalue weighted by Crippen LogP contribution is -2.65. The summed E-state index contributed by atoms with van der Waals surface area (Å²) >= 11 is 0. The summed E-state index contributed by atoms with van der Waals surface area (Å²) in [5.74, 6) is 0.472. The van der Waals surface area contributed by atoms with Crippen molar-refractivity contribution in [1.29, 1.82) is 0 Å². The van der Waals surface area contributed by atoms with Crippen molar-refractivity contribution in [2.24, 2.45) is 11.8 Å². The predicted octanol–water partition coefficient (Wildman–Crippen LogP) is -3.69. The first kappa shape index (κ1) is 44.0. The number of ether oxygens (including phenoxy) is 10. The highest BCUT2D eigenvalue weighted by Gasteiger charge is 2.53. The van der Waals surface area contributed by atoms with E-state index >= 15 is 0 Å². The zero-order valence-corrected chi connectivity index (χ0v) is 32.0. The van der Waals surface area contributed by atoms with Crippen molar-refractivity contribution in [1.82, 2.24) is 0 Å². The van der Waals surface area contributed by atoms with E-state index in [0.717, 1.165) is 5.56 Å². The van der Waals surface area contributed by atoms with E-state index in [9.17, 15) is 56.2 Å². The Bertz CT molecular complexity index is 1700. The fourth-order valence-corrected chi connectivity index (χ4v) is 8.20. The number of aromatic hydroxyl groups is 1. The molecule has 7 rings (SSSR count). The fourth-order valence-electron chi connectivity index (χ4n) is 8.20. The molecule has 5 aliphatic heterocycles. The Morgan fingerprint density at radius 1 is 0.559 bits per heavy atom. The lowest BCUT2D eigenvalue weighted by molar-refractivity contribution is -0.363. The Hall–Kier alpha value is -3.04. The van der Waals surface area contributed by atoms with Crippen molar-refractivity contribution in [3.63, 3.8) is 0 Å². The van der Waals surface area contributed by atoms with Crippen LogP contribution in [-0.4, -0.2) is 196 Å². The molecular formula is C38H52O21. The average Bonchev–Trinajstić information content (AvgIpc) is 3.86. The maximum absolute atomic E-state index is 11.5. The summed E-state index contributed by atoms with van der Waals surface area (Å²) in [5.41, 5.74) is 1.55. The molecule has 0 saturated carbocycles. The highest BCUT2D eigenvalue weighted by atomic mass is 16.8. The fraction of sp³-hybridized carbons (Fsp3) is 0.684. The van der Waals surface area contributed by atoms with E-state index in [1.807, 2.05) is 0 Å². The molecule has 2 aromatic rings. The number of hydrogen-bond acceptors (Lipinski definition) is 21. The lowest BCUT2D eigenvalue weighted by atomic mass is 9.85. The van der Waals surface area contributed by atoms with Crippen LogP contribution in [0.2, 0.25) is 0 Å². The maximum atomic E-state index is 11.5. The smallest absolute Gasteiger partial charge is 0.229 e. The van der Waals surface area contributed by atoms with Gasteiger partial charge in [-0.25, -0.2) is 0 Å². The molecule has 330 valence electrons. The van der Waals surface area contributed by atoms with E-state index in [1.165, 1.54) is 14.2 Å². The van der Waals surface area contributed by atoms with Crippen LogP contribution in [0.3, 0.4) is 0 Å². The molecule has 0 amide bonds. The number of aliphatic hydroxyl groups excluding tert-OH is 10. The second-order valence-electron chi connectivity index (χ2n) is 15.1. The topological polar surface area (TPSA) is 315 Å². The Labute approximate surface area is 337 Å². The van der Waals surface area contributed by atoms with Crippen LogP contribution in [-0.2, 0) is 33.2 Å². The molecule has 5 fully saturated rings. The van der Waals surface area contributed by atoms with Gasteiger partial charge in [-0.15, -0.1) is 0 Å². The minimum atomic E-state index is -1.90. The van der Waals surface area contributed by atoms with Gasteiger partial charge in [0.1, 0.15) is 67.1 Å². The van der Waals surface area contributed by atoms with Gasteiger partial charge in [0.05, 0.1) is 59.5 Å². The standard InChI is InChI=1S/C38H52O21/c1-50-20-7-14(3-5-18(20)41)33-16-11-53-34(17(16)12-52-33)15-4-6-19(21(8-15)51-2)55-38-35(59-37-32(49)29(46)26(43)23(10-40)57-37)30(47)27(44)24(58-38)13-54-36-31(48)28(45)25(42)22(9-39)56-36/h3-8,16-17,22-49H,9-13H2,1-2H3. The van der Waals surface area contributed by atoms with Crippen LogP contribution in [0.25, 0.3) is 0 Å². The zero-order valence-electron chi connectivity index (χ0n) is 32.0. The zero-order chi connectivity index (χ0) is 42.3. The normalized spacial score (nSPS) is 42.3. The minimum absolute atomic E-state index is 0.00812. The first-order valence-electron chi connectivity index (χ1n) is 19.1. The van der Waals surface area contributed by atoms with E-state index in [4.69, 9.17) is 47.4 Å². The first-order valence-corrected chi connectivity index (χ1v) is 19.1. The van der Waals surface area contributed by atoms with Gasteiger partial charge in [0.25, 0.3) is 0 Å². The van der Waals surface area contributed by atoms with Crippen molar-refractivity contribution < 1.29 is 104 Å². The molecule has 5 saturated heterocycles. The van der Waals surface area contributed by atoms with Gasteiger partial charge in [0.2, 0.25) is 6.29 Å². The number of methoxy groups -OCH3 is 2. The second kappa shape index (κ2) is 18.5. The summed E-state index contributed by atoms with van der Waals surface area (Å²) in [6.45, 7) is -1.36. The van der Waals surface area contributed by atoms with Crippen LogP contribution < -0.4 is 14.2 Å². The van der Waals surface area contributed by atoms with Crippen LogP contribution in [0.1, 0.15) is 23.3 Å². The van der Waals surface area contributed by atoms with E-state index in [2.05, 4.69) is 0 Å². The van der Waals surface area contributed by atoms with E-state index in [0.29, 0.717) is 24.5 Å². The molecule has 0 aromatic heterocycles. The van der Waals surface area contributed by atoms with Crippen LogP contribution >= 0.6 is 0 Å². The summed E-state index contributed by atoms with van der Waals surface area (Å²) in [7, 11) is 2.85. The molecule has 11 N–H and O–H groups in total. The summed E-state index contributed by atoms with van der Waals surface area (Å²) in [6, 6.07) is 10.0. The number of benzene rings is 2. The van der Waals surface area contributed by atoms with Gasteiger partial charge in [-0.2, -0.15) is 0 Å². The molecule has 19 unspecified atom stereocenters. The number of phenols is 1. The van der Waals surface area contributed by atoms with Gasteiger partial charge >= 0.3 is 0 Å². The van der Waals surface area contributed by atoms with Gasteiger partial charge in [0.15, 0.2) is 41.7 Å². The van der Waals surface area contributed by atoms with Crippen LogP contribution in [0.5, 0.6) is 23.0 Å². The van der Waals surface area contributed by atoms with Crippen LogP contribution in [0, 0.1) is 11.8 Å². The van der Waals surface area contributed by atoms with Gasteiger partial charge in [-0.05, 0) is 35.4 Å². The van der Waals surface area contributed by atoms with Crippen molar-refractivity contribution >= 4 is 0 Å². The van der Waals surface area contributed by atoms with Crippen molar-refractivity contribution in [3.05, 3.63) is 47.5 Å². The third-order valence-corrected chi connectivity index (χ3v) is 11.6. The third kappa shape index (κ3) is 8.59. The quantitative estimate of drug-likeness (QED) is 0.0925. The third-order valence-electron chi connectivity index (χ3n) is 11.6. The summed E-state index contributed by atoms with van der Waals surface area (Å²) < 4.78 is 58.1. The monoisotopic (exact) mass is 844 g/mol. The van der Waals surface area contributed by atoms with Crippen molar-refractivity contribution in [2.75, 3.05) is 47.3 Å². The number of aliphatic hydroxyl groups is 10. The van der Waals surface area contributed by atoms with Gasteiger partial charge in [-0.3, -0.25) is 0 Å². The Kier molecular flexibility index (Phi) is 13.8. The SMILES string of the molecule is COc1cc(C2OCC3C(c4ccc(OC5OC(COC6OC(CO)C(O)C(O)C6O)C(O)C(O)C5OC5OC(CO)C(O)C(O)C5O)c(OC)c4)OCC23)ccc1O. The van der Waals surface area contributed by atoms with Crippen LogP contribution in [0.4, 0.5) is 0 Å². The van der Waals surface area contributed by atoms with E-state index in [1.54, 1.807) is 36.4 Å². The van der Waals surface area contributed by atoms with Gasteiger partial charge < -0.3 is 104 Å². The molecule has 59 heavy (non-hydrogen) atoms. The molecule has 5 heterocycles.